The molecule has 0 spiro atoms. The van der Waals surface area contributed by atoms with Crippen LogP contribution in [0.1, 0.15) is 33.1 Å². The molecule has 1 N–H and O–H groups in total. The highest BCUT2D eigenvalue weighted by molar-refractivity contribution is 4.98. The van der Waals surface area contributed by atoms with E-state index >= 15 is 0 Å². The first-order valence-electron chi connectivity index (χ1n) is 4.23. The average Bonchev–Trinajstić information content (AvgIpc) is 2.09. The Hall–Kier alpha value is -0.0800. The standard InChI is InChI=1S/C9H18O2/c1-8(7-11-3)5-4-6-9(8,2)10/h10H,4-7H2,1-3H3. The van der Waals surface area contributed by atoms with E-state index in [9.17, 15) is 5.11 Å². The minimum Gasteiger partial charge on any atom is -0.390 e. The molecule has 1 aliphatic carbocycles. The van der Waals surface area contributed by atoms with Gasteiger partial charge in [-0.25, -0.2) is 0 Å². The minimum atomic E-state index is -0.525. The van der Waals surface area contributed by atoms with Crippen molar-refractivity contribution in [1.82, 2.24) is 0 Å². The lowest BCUT2D eigenvalue weighted by molar-refractivity contribution is -0.0716. The zero-order chi connectivity index (χ0) is 8.54. The van der Waals surface area contributed by atoms with Crippen molar-refractivity contribution >= 4 is 0 Å². The van der Waals surface area contributed by atoms with Gasteiger partial charge in [-0.1, -0.05) is 6.92 Å². The lowest BCUT2D eigenvalue weighted by Gasteiger charge is -2.36. The fourth-order valence-electron chi connectivity index (χ4n) is 1.94. The van der Waals surface area contributed by atoms with Crippen LogP contribution in [0.25, 0.3) is 0 Å². The maximum atomic E-state index is 9.96. The highest BCUT2D eigenvalue weighted by Gasteiger charge is 2.47. The van der Waals surface area contributed by atoms with Crippen molar-refractivity contribution in [2.24, 2.45) is 5.41 Å². The molecule has 66 valence electrons. The van der Waals surface area contributed by atoms with Gasteiger partial charge in [0.05, 0.1) is 12.2 Å². The van der Waals surface area contributed by atoms with Gasteiger partial charge in [-0.15, -0.1) is 0 Å². The molecule has 0 bridgehead atoms. The molecular formula is C9H18O2. The molecule has 1 saturated carbocycles. The molecule has 1 rings (SSSR count). The van der Waals surface area contributed by atoms with Crippen LogP contribution >= 0.6 is 0 Å². The zero-order valence-corrected chi connectivity index (χ0v) is 7.68. The Morgan fingerprint density at radius 3 is 2.36 bits per heavy atom. The lowest BCUT2D eigenvalue weighted by Crippen LogP contribution is -2.41. The van der Waals surface area contributed by atoms with Crippen LogP contribution in [0.3, 0.4) is 0 Å². The highest BCUT2D eigenvalue weighted by Crippen LogP contribution is 2.45. The van der Waals surface area contributed by atoms with Crippen molar-refractivity contribution in [3.63, 3.8) is 0 Å². The third-order valence-corrected chi connectivity index (χ3v) is 3.16. The Bertz CT molecular complexity index is 142. The minimum absolute atomic E-state index is 0.0260. The molecule has 1 fully saturated rings. The Kier molecular flexibility index (Phi) is 2.26. The van der Waals surface area contributed by atoms with Crippen LogP contribution in [0.5, 0.6) is 0 Å². The van der Waals surface area contributed by atoms with Gasteiger partial charge in [-0.2, -0.15) is 0 Å². The molecule has 11 heavy (non-hydrogen) atoms. The van der Waals surface area contributed by atoms with E-state index in [4.69, 9.17) is 4.74 Å². The smallest absolute Gasteiger partial charge is 0.0695 e. The molecule has 2 unspecified atom stereocenters. The van der Waals surface area contributed by atoms with Gasteiger partial charge in [0.1, 0.15) is 0 Å². The number of methoxy groups -OCH3 is 1. The lowest BCUT2D eigenvalue weighted by atomic mass is 9.78. The van der Waals surface area contributed by atoms with E-state index in [0.717, 1.165) is 19.3 Å². The number of rotatable bonds is 2. The molecule has 2 atom stereocenters. The number of hydrogen-bond donors (Lipinski definition) is 1. The Labute approximate surface area is 68.6 Å². The first-order chi connectivity index (χ1) is 5.02. The first-order valence-corrected chi connectivity index (χ1v) is 4.23. The fraction of sp³-hybridized carbons (Fsp3) is 1.00. The van der Waals surface area contributed by atoms with Crippen LogP contribution in [0.4, 0.5) is 0 Å². The van der Waals surface area contributed by atoms with Gasteiger partial charge in [0, 0.05) is 12.5 Å². The molecule has 0 aromatic rings. The second-order valence-corrected chi connectivity index (χ2v) is 4.12. The van der Waals surface area contributed by atoms with E-state index in [1.807, 2.05) is 6.92 Å². The van der Waals surface area contributed by atoms with Gasteiger partial charge >= 0.3 is 0 Å². The van der Waals surface area contributed by atoms with Crippen molar-refractivity contribution in [2.75, 3.05) is 13.7 Å². The summed E-state index contributed by atoms with van der Waals surface area (Å²) in [7, 11) is 1.69. The summed E-state index contributed by atoms with van der Waals surface area (Å²) < 4.78 is 5.10. The summed E-state index contributed by atoms with van der Waals surface area (Å²) in [6.07, 6.45) is 3.10. The molecule has 0 radical (unpaired) electrons. The van der Waals surface area contributed by atoms with Gasteiger partial charge in [0.2, 0.25) is 0 Å². The van der Waals surface area contributed by atoms with E-state index in [1.165, 1.54) is 0 Å². The molecule has 0 aromatic heterocycles. The first kappa shape index (κ1) is 9.01. The van der Waals surface area contributed by atoms with Crippen LogP contribution in [0.15, 0.2) is 0 Å². The molecule has 0 amide bonds. The summed E-state index contributed by atoms with van der Waals surface area (Å²) in [5.41, 5.74) is -0.551. The van der Waals surface area contributed by atoms with E-state index < -0.39 is 5.60 Å². The average molecular weight is 158 g/mol. The molecule has 1 aliphatic rings. The normalized spacial score (nSPS) is 44.7. The van der Waals surface area contributed by atoms with Crippen molar-refractivity contribution in [1.29, 1.82) is 0 Å². The summed E-state index contributed by atoms with van der Waals surface area (Å²) in [4.78, 5) is 0. The molecule has 2 heteroatoms. The van der Waals surface area contributed by atoms with Gasteiger partial charge in [0.25, 0.3) is 0 Å². The maximum absolute atomic E-state index is 9.96. The largest absolute Gasteiger partial charge is 0.390 e. The molecule has 0 aliphatic heterocycles. The number of hydrogen-bond acceptors (Lipinski definition) is 2. The Morgan fingerprint density at radius 1 is 1.36 bits per heavy atom. The summed E-state index contributed by atoms with van der Waals surface area (Å²) >= 11 is 0. The van der Waals surface area contributed by atoms with Crippen molar-refractivity contribution < 1.29 is 9.84 Å². The molecule has 2 nitrogen and oxygen atoms in total. The molecule has 0 heterocycles. The Morgan fingerprint density at radius 2 is 2.00 bits per heavy atom. The van der Waals surface area contributed by atoms with Crippen molar-refractivity contribution in [3.05, 3.63) is 0 Å². The van der Waals surface area contributed by atoms with Gasteiger partial charge in [-0.3, -0.25) is 0 Å². The van der Waals surface area contributed by atoms with Gasteiger partial charge < -0.3 is 9.84 Å². The summed E-state index contributed by atoms with van der Waals surface area (Å²) in [5.74, 6) is 0. The van der Waals surface area contributed by atoms with Crippen molar-refractivity contribution in [3.8, 4) is 0 Å². The zero-order valence-electron chi connectivity index (χ0n) is 7.68. The second kappa shape index (κ2) is 2.76. The fourth-order valence-corrected chi connectivity index (χ4v) is 1.94. The SMILES string of the molecule is COCC1(C)CCCC1(C)O. The topological polar surface area (TPSA) is 29.5 Å². The number of aliphatic hydroxyl groups is 1. The molecular weight excluding hydrogens is 140 g/mol. The van der Waals surface area contributed by atoms with Crippen LogP contribution < -0.4 is 0 Å². The van der Waals surface area contributed by atoms with Crippen LogP contribution in [-0.2, 0) is 4.74 Å². The van der Waals surface area contributed by atoms with Crippen molar-refractivity contribution in [2.45, 2.75) is 38.7 Å². The van der Waals surface area contributed by atoms with Crippen LogP contribution in [0, 0.1) is 5.41 Å². The maximum Gasteiger partial charge on any atom is 0.0695 e. The molecule has 0 aromatic carbocycles. The predicted molar refractivity (Wildman–Crippen MR) is 44.5 cm³/mol. The molecule has 0 saturated heterocycles. The van der Waals surface area contributed by atoms with Gasteiger partial charge in [-0.05, 0) is 26.2 Å². The summed E-state index contributed by atoms with van der Waals surface area (Å²) in [6, 6.07) is 0. The van der Waals surface area contributed by atoms with Crippen LogP contribution in [0.2, 0.25) is 0 Å². The van der Waals surface area contributed by atoms with E-state index in [2.05, 4.69) is 6.92 Å². The van der Waals surface area contributed by atoms with E-state index in [-0.39, 0.29) is 5.41 Å². The monoisotopic (exact) mass is 158 g/mol. The highest BCUT2D eigenvalue weighted by atomic mass is 16.5. The number of ether oxygens (including phenoxy) is 1. The predicted octanol–water partition coefficient (Wildman–Crippen LogP) is 1.57. The van der Waals surface area contributed by atoms with E-state index in [1.54, 1.807) is 7.11 Å². The second-order valence-electron chi connectivity index (χ2n) is 4.12. The third kappa shape index (κ3) is 1.42. The summed E-state index contributed by atoms with van der Waals surface area (Å²) in [5, 5.41) is 9.96. The summed E-state index contributed by atoms with van der Waals surface area (Å²) in [6.45, 7) is 4.68. The van der Waals surface area contributed by atoms with Crippen LogP contribution in [-0.4, -0.2) is 24.4 Å². The quantitative estimate of drug-likeness (QED) is 0.661. The van der Waals surface area contributed by atoms with Gasteiger partial charge in [0.15, 0.2) is 0 Å². The Balaban J connectivity index is 2.68. The van der Waals surface area contributed by atoms with E-state index in [0.29, 0.717) is 6.61 Å². The third-order valence-electron chi connectivity index (χ3n) is 3.16.